The van der Waals surface area contributed by atoms with Gasteiger partial charge < -0.3 is 14.2 Å². The summed E-state index contributed by atoms with van der Waals surface area (Å²) in [6.07, 6.45) is 1.65. The third-order valence-corrected chi connectivity index (χ3v) is 4.29. The Kier molecular flexibility index (Phi) is 6.10. The number of ether oxygens (including phenoxy) is 3. The number of methoxy groups -OCH3 is 2. The Bertz CT molecular complexity index is 1040. The monoisotopic (exact) mass is 398 g/mol. The first kappa shape index (κ1) is 19.6. The van der Waals surface area contributed by atoms with Gasteiger partial charge in [0.25, 0.3) is 0 Å². The fraction of sp³-hybridized carbons (Fsp3) is 0.250. The van der Waals surface area contributed by atoms with Gasteiger partial charge in [-0.2, -0.15) is 14.9 Å². The number of aromatic nitrogens is 3. The summed E-state index contributed by atoms with van der Waals surface area (Å²) in [7, 11) is 3.18. The zero-order valence-electron chi connectivity index (χ0n) is 16.2. The minimum absolute atomic E-state index is 0.225. The molecule has 1 N–H and O–H groups in total. The van der Waals surface area contributed by atoms with Crippen molar-refractivity contribution in [2.45, 2.75) is 20.5 Å². The van der Waals surface area contributed by atoms with Crippen LogP contribution >= 0.6 is 12.2 Å². The van der Waals surface area contributed by atoms with Gasteiger partial charge in [-0.05, 0) is 61.5 Å². The number of aryl methyl sites for hydroxylation is 2. The molecule has 3 rings (SSSR count). The van der Waals surface area contributed by atoms with Gasteiger partial charge >= 0.3 is 0 Å². The molecule has 0 aliphatic rings. The lowest BCUT2D eigenvalue weighted by Gasteiger charge is -2.10. The van der Waals surface area contributed by atoms with Crippen molar-refractivity contribution in [3.63, 3.8) is 0 Å². The van der Waals surface area contributed by atoms with Gasteiger partial charge in [0, 0.05) is 5.56 Å². The van der Waals surface area contributed by atoms with E-state index in [0.717, 1.165) is 22.4 Å². The second-order valence-electron chi connectivity index (χ2n) is 6.20. The Balaban J connectivity index is 1.84. The van der Waals surface area contributed by atoms with Gasteiger partial charge in [0.15, 0.2) is 17.3 Å². The predicted molar refractivity (Wildman–Crippen MR) is 110 cm³/mol. The van der Waals surface area contributed by atoms with E-state index in [1.807, 2.05) is 44.2 Å². The number of hydrogen-bond acceptors (Lipinski definition) is 6. The summed E-state index contributed by atoms with van der Waals surface area (Å²) in [6.45, 7) is 4.28. The standard InChI is InChI=1S/C20H22N4O3S/c1-13-8-14(2)10-16(9-13)27-12-18-22-23-20(28)24(18)21-11-15-6-5-7-17(25-3)19(15)26-4/h5-11H,12H2,1-4H3,(H,23,28)/b21-11-. The van der Waals surface area contributed by atoms with Crippen molar-refractivity contribution >= 4 is 18.4 Å². The molecule has 0 amide bonds. The number of H-pyrrole nitrogens is 1. The maximum atomic E-state index is 5.87. The van der Waals surface area contributed by atoms with E-state index in [0.29, 0.717) is 22.1 Å². The first-order valence-electron chi connectivity index (χ1n) is 8.64. The van der Waals surface area contributed by atoms with E-state index in [2.05, 4.69) is 21.4 Å². The third kappa shape index (κ3) is 4.40. The molecule has 0 atom stereocenters. The molecule has 1 aromatic heterocycles. The molecule has 0 bridgehead atoms. The second kappa shape index (κ2) is 8.71. The molecule has 8 heteroatoms. The van der Waals surface area contributed by atoms with E-state index < -0.39 is 0 Å². The minimum atomic E-state index is 0.225. The molecule has 3 aromatic rings. The molecule has 7 nitrogen and oxygen atoms in total. The molecule has 0 aliphatic carbocycles. The number of rotatable bonds is 7. The van der Waals surface area contributed by atoms with Crippen LogP contribution in [0.5, 0.6) is 17.2 Å². The van der Waals surface area contributed by atoms with Crippen LogP contribution in [-0.2, 0) is 6.61 Å². The van der Waals surface area contributed by atoms with Crippen LogP contribution < -0.4 is 14.2 Å². The van der Waals surface area contributed by atoms with Gasteiger partial charge in [0.1, 0.15) is 12.4 Å². The van der Waals surface area contributed by atoms with Crippen LogP contribution in [0, 0.1) is 18.6 Å². The van der Waals surface area contributed by atoms with Gasteiger partial charge in [0.2, 0.25) is 4.77 Å². The molecule has 0 unspecified atom stereocenters. The number of para-hydroxylation sites is 1. The summed E-state index contributed by atoms with van der Waals surface area (Å²) in [5.74, 6) is 2.55. The summed E-state index contributed by atoms with van der Waals surface area (Å²) < 4.78 is 18.5. The van der Waals surface area contributed by atoms with Crippen molar-refractivity contribution in [2.75, 3.05) is 14.2 Å². The molecule has 146 valence electrons. The number of benzene rings is 2. The number of hydrogen-bond donors (Lipinski definition) is 1. The third-order valence-electron chi connectivity index (χ3n) is 4.03. The highest BCUT2D eigenvalue weighted by molar-refractivity contribution is 7.71. The Hall–Kier alpha value is -3.13. The van der Waals surface area contributed by atoms with E-state index in [-0.39, 0.29) is 6.61 Å². The smallest absolute Gasteiger partial charge is 0.216 e. The van der Waals surface area contributed by atoms with Crippen LogP contribution in [0.25, 0.3) is 0 Å². The molecule has 0 aliphatic heterocycles. The largest absolute Gasteiger partial charge is 0.493 e. The van der Waals surface area contributed by atoms with E-state index in [1.54, 1.807) is 20.4 Å². The Labute approximate surface area is 168 Å². The normalized spacial score (nSPS) is 11.0. The molecular weight excluding hydrogens is 376 g/mol. The van der Waals surface area contributed by atoms with Crippen molar-refractivity contribution in [3.05, 3.63) is 63.7 Å². The molecule has 0 saturated heterocycles. The molecule has 0 spiro atoms. The van der Waals surface area contributed by atoms with Crippen molar-refractivity contribution in [2.24, 2.45) is 5.10 Å². The zero-order valence-corrected chi connectivity index (χ0v) is 17.0. The number of aromatic amines is 1. The van der Waals surface area contributed by atoms with Crippen LogP contribution in [0.15, 0.2) is 41.5 Å². The Morgan fingerprint density at radius 1 is 1.14 bits per heavy atom. The summed E-state index contributed by atoms with van der Waals surface area (Å²) >= 11 is 5.29. The fourth-order valence-corrected chi connectivity index (χ4v) is 3.03. The van der Waals surface area contributed by atoms with Gasteiger partial charge in [-0.1, -0.05) is 12.1 Å². The van der Waals surface area contributed by atoms with Gasteiger partial charge in [-0.25, -0.2) is 5.10 Å². The van der Waals surface area contributed by atoms with Crippen LogP contribution in [0.2, 0.25) is 0 Å². The highest BCUT2D eigenvalue weighted by atomic mass is 32.1. The average Bonchev–Trinajstić information content (AvgIpc) is 3.03. The van der Waals surface area contributed by atoms with E-state index in [9.17, 15) is 0 Å². The number of nitrogens with one attached hydrogen (secondary N) is 1. The molecule has 1 heterocycles. The average molecular weight is 398 g/mol. The van der Waals surface area contributed by atoms with Crippen LogP contribution in [0.1, 0.15) is 22.5 Å². The quantitative estimate of drug-likeness (QED) is 0.480. The second-order valence-corrected chi connectivity index (χ2v) is 6.58. The number of nitrogens with zero attached hydrogens (tertiary/aromatic N) is 3. The molecular formula is C20H22N4O3S. The van der Waals surface area contributed by atoms with Crippen molar-refractivity contribution in [1.82, 2.24) is 14.9 Å². The molecule has 28 heavy (non-hydrogen) atoms. The van der Waals surface area contributed by atoms with Crippen LogP contribution in [0.3, 0.4) is 0 Å². The highest BCUT2D eigenvalue weighted by Gasteiger charge is 2.10. The van der Waals surface area contributed by atoms with Gasteiger partial charge in [-0.15, -0.1) is 0 Å². The highest BCUT2D eigenvalue weighted by Crippen LogP contribution is 2.29. The Morgan fingerprint density at radius 2 is 1.89 bits per heavy atom. The van der Waals surface area contributed by atoms with Crippen LogP contribution in [0.4, 0.5) is 0 Å². The first-order chi connectivity index (χ1) is 13.5. The minimum Gasteiger partial charge on any atom is -0.493 e. The summed E-state index contributed by atoms with van der Waals surface area (Å²) in [6, 6.07) is 11.6. The van der Waals surface area contributed by atoms with Gasteiger partial charge in [-0.3, -0.25) is 0 Å². The van der Waals surface area contributed by atoms with E-state index in [1.165, 1.54) is 4.68 Å². The lowest BCUT2D eigenvalue weighted by molar-refractivity contribution is 0.290. The maximum Gasteiger partial charge on any atom is 0.216 e. The van der Waals surface area contributed by atoms with Crippen molar-refractivity contribution in [3.8, 4) is 17.2 Å². The molecule has 0 fully saturated rings. The molecule has 2 aromatic carbocycles. The zero-order chi connectivity index (χ0) is 20.1. The molecule has 0 saturated carbocycles. The van der Waals surface area contributed by atoms with Crippen molar-refractivity contribution < 1.29 is 14.2 Å². The van der Waals surface area contributed by atoms with E-state index >= 15 is 0 Å². The predicted octanol–water partition coefficient (Wildman–Crippen LogP) is 4.04. The lowest BCUT2D eigenvalue weighted by Crippen LogP contribution is -2.05. The van der Waals surface area contributed by atoms with Gasteiger partial charge in [0.05, 0.1) is 20.4 Å². The lowest BCUT2D eigenvalue weighted by atomic mass is 10.1. The van der Waals surface area contributed by atoms with E-state index in [4.69, 9.17) is 26.4 Å². The summed E-state index contributed by atoms with van der Waals surface area (Å²) in [4.78, 5) is 0. The SMILES string of the molecule is COc1cccc(/C=N\n2c(COc3cc(C)cc(C)c3)n[nH]c2=S)c1OC. The summed E-state index contributed by atoms with van der Waals surface area (Å²) in [5.41, 5.74) is 3.03. The summed E-state index contributed by atoms with van der Waals surface area (Å²) in [5, 5.41) is 11.4. The van der Waals surface area contributed by atoms with Crippen molar-refractivity contribution in [1.29, 1.82) is 0 Å². The Morgan fingerprint density at radius 3 is 2.57 bits per heavy atom. The maximum absolute atomic E-state index is 5.87. The molecule has 0 radical (unpaired) electrons. The topological polar surface area (TPSA) is 73.7 Å². The fourth-order valence-electron chi connectivity index (χ4n) is 2.83. The first-order valence-corrected chi connectivity index (χ1v) is 9.05. The van der Waals surface area contributed by atoms with Crippen LogP contribution in [-0.4, -0.2) is 35.3 Å².